The Morgan fingerprint density at radius 3 is 2.70 bits per heavy atom. The molecule has 0 radical (unpaired) electrons. The Kier molecular flexibility index (Phi) is 7.62. The molecule has 27 heavy (non-hydrogen) atoms. The van der Waals surface area contributed by atoms with Crippen LogP contribution in [-0.4, -0.2) is 58.9 Å². The fourth-order valence-corrected chi connectivity index (χ4v) is 4.79. The second kappa shape index (κ2) is 9.94. The van der Waals surface area contributed by atoms with Crippen LogP contribution in [-0.2, 0) is 11.3 Å². The molecule has 2 aliphatic rings. The number of benzene rings is 1. The quantitative estimate of drug-likeness (QED) is 0.690. The van der Waals surface area contributed by atoms with E-state index in [0.717, 1.165) is 31.7 Å². The van der Waals surface area contributed by atoms with Gasteiger partial charge in [0.05, 0.1) is 6.54 Å². The van der Waals surface area contributed by atoms with Gasteiger partial charge < -0.3 is 5.32 Å². The molecule has 3 rings (SSSR count). The van der Waals surface area contributed by atoms with Crippen LogP contribution in [0.2, 0.25) is 0 Å². The van der Waals surface area contributed by atoms with Crippen molar-refractivity contribution in [1.82, 2.24) is 9.80 Å². The highest BCUT2D eigenvalue weighted by molar-refractivity contribution is 7.99. The van der Waals surface area contributed by atoms with Crippen molar-refractivity contribution >= 4 is 23.4 Å². The number of amides is 1. The Morgan fingerprint density at radius 2 is 2.04 bits per heavy atom. The van der Waals surface area contributed by atoms with E-state index < -0.39 is 0 Å². The van der Waals surface area contributed by atoms with Crippen LogP contribution in [0.5, 0.6) is 0 Å². The lowest BCUT2D eigenvalue weighted by atomic mass is 9.99. The van der Waals surface area contributed by atoms with E-state index in [1.54, 1.807) is 0 Å². The predicted molar refractivity (Wildman–Crippen MR) is 116 cm³/mol. The summed E-state index contributed by atoms with van der Waals surface area (Å²) in [5, 5.41) is 3.14. The molecule has 5 heteroatoms. The van der Waals surface area contributed by atoms with E-state index in [9.17, 15) is 4.79 Å². The Morgan fingerprint density at radius 1 is 1.30 bits per heavy atom. The third-order valence-corrected chi connectivity index (χ3v) is 7.00. The minimum Gasteiger partial charge on any atom is -0.325 e. The Labute approximate surface area is 169 Å². The summed E-state index contributed by atoms with van der Waals surface area (Å²) < 4.78 is 0. The number of nitrogens with one attached hydrogen (secondary N) is 1. The largest absolute Gasteiger partial charge is 0.325 e. The molecule has 1 saturated carbocycles. The Hall–Kier alpha value is -1.04. The molecule has 1 amide bonds. The maximum Gasteiger partial charge on any atom is 0.238 e. The van der Waals surface area contributed by atoms with Crippen molar-refractivity contribution in [3.05, 3.63) is 29.8 Å². The molecule has 4 nitrogen and oxygen atoms in total. The minimum absolute atomic E-state index is 0.114. The smallest absolute Gasteiger partial charge is 0.238 e. The fourth-order valence-electron chi connectivity index (χ4n) is 3.81. The average Bonchev–Trinajstić information content (AvgIpc) is 3.51. The molecule has 1 aromatic rings. The maximum atomic E-state index is 12.7. The number of anilines is 1. The lowest BCUT2D eigenvalue weighted by Crippen LogP contribution is -2.43. The van der Waals surface area contributed by atoms with Crippen molar-refractivity contribution in [3.8, 4) is 0 Å². The number of carbonyl (C=O) groups excluding carboxylic acids is 1. The zero-order chi connectivity index (χ0) is 19.2. The molecule has 0 aromatic heterocycles. The summed E-state index contributed by atoms with van der Waals surface area (Å²) in [5.74, 6) is 3.18. The number of hydrogen-bond acceptors (Lipinski definition) is 4. The number of thioether (sulfide) groups is 1. The average molecular weight is 390 g/mol. The third-order valence-electron chi connectivity index (χ3n) is 6.05. The van der Waals surface area contributed by atoms with Gasteiger partial charge >= 0.3 is 0 Å². The second-order valence-corrected chi connectivity index (χ2v) is 9.39. The van der Waals surface area contributed by atoms with Gasteiger partial charge in [-0.15, -0.1) is 0 Å². The lowest BCUT2D eigenvalue weighted by Gasteiger charge is -2.32. The third kappa shape index (κ3) is 6.23. The highest BCUT2D eigenvalue weighted by atomic mass is 32.2. The molecule has 2 atom stereocenters. The molecule has 1 heterocycles. The molecular formula is C22H35N3OS. The van der Waals surface area contributed by atoms with Gasteiger partial charge in [0.25, 0.3) is 0 Å². The molecule has 2 fully saturated rings. The van der Waals surface area contributed by atoms with Gasteiger partial charge in [0.15, 0.2) is 0 Å². The normalized spacial score (nSPS) is 20.4. The predicted octanol–water partition coefficient (Wildman–Crippen LogP) is 4.07. The summed E-state index contributed by atoms with van der Waals surface area (Å²) in [7, 11) is 0. The van der Waals surface area contributed by atoms with Crippen molar-refractivity contribution in [2.24, 2.45) is 5.92 Å². The maximum absolute atomic E-state index is 12.7. The summed E-state index contributed by atoms with van der Waals surface area (Å²) in [6, 6.07) is 9.43. The SMILES string of the molecule is CCC(C)C(C)N(CC(=O)Nc1cccc(CN2CCSCC2)c1)C1CC1. The van der Waals surface area contributed by atoms with Crippen LogP contribution in [0.1, 0.15) is 45.6 Å². The van der Waals surface area contributed by atoms with E-state index in [0.29, 0.717) is 24.5 Å². The molecule has 1 aromatic carbocycles. The number of hydrogen-bond donors (Lipinski definition) is 1. The van der Waals surface area contributed by atoms with Gasteiger partial charge in [-0.3, -0.25) is 14.6 Å². The van der Waals surface area contributed by atoms with E-state index in [1.165, 1.54) is 29.9 Å². The molecule has 1 aliphatic carbocycles. The van der Waals surface area contributed by atoms with E-state index in [-0.39, 0.29) is 5.91 Å². The van der Waals surface area contributed by atoms with Crippen molar-refractivity contribution in [2.45, 2.75) is 58.7 Å². The summed E-state index contributed by atoms with van der Waals surface area (Å²) in [4.78, 5) is 17.6. The van der Waals surface area contributed by atoms with Crippen molar-refractivity contribution in [1.29, 1.82) is 0 Å². The van der Waals surface area contributed by atoms with Crippen LogP contribution < -0.4 is 5.32 Å². The molecule has 150 valence electrons. The highest BCUT2D eigenvalue weighted by Gasteiger charge is 2.34. The lowest BCUT2D eigenvalue weighted by molar-refractivity contribution is -0.118. The molecule has 2 unspecified atom stereocenters. The summed E-state index contributed by atoms with van der Waals surface area (Å²) in [5.41, 5.74) is 2.21. The van der Waals surface area contributed by atoms with Gasteiger partial charge in [0.2, 0.25) is 5.91 Å². The molecule has 1 aliphatic heterocycles. The first-order valence-corrected chi connectivity index (χ1v) is 11.7. The minimum atomic E-state index is 0.114. The van der Waals surface area contributed by atoms with Crippen LogP contribution in [0.4, 0.5) is 5.69 Å². The first kappa shape index (κ1) is 20.7. The van der Waals surface area contributed by atoms with Gasteiger partial charge in [-0.1, -0.05) is 32.4 Å². The van der Waals surface area contributed by atoms with E-state index >= 15 is 0 Å². The topological polar surface area (TPSA) is 35.6 Å². The fraction of sp³-hybridized carbons (Fsp3) is 0.682. The zero-order valence-electron chi connectivity index (χ0n) is 17.1. The van der Waals surface area contributed by atoms with Crippen molar-refractivity contribution in [2.75, 3.05) is 36.5 Å². The zero-order valence-corrected chi connectivity index (χ0v) is 17.9. The van der Waals surface area contributed by atoms with Crippen LogP contribution in [0, 0.1) is 5.92 Å². The van der Waals surface area contributed by atoms with Crippen LogP contribution in [0.15, 0.2) is 24.3 Å². The van der Waals surface area contributed by atoms with Gasteiger partial charge in [0, 0.05) is 48.9 Å². The molecule has 1 saturated heterocycles. The summed E-state index contributed by atoms with van der Waals surface area (Å²) >= 11 is 2.04. The van der Waals surface area contributed by atoms with E-state index in [1.807, 2.05) is 17.8 Å². The second-order valence-electron chi connectivity index (χ2n) is 8.17. The van der Waals surface area contributed by atoms with E-state index in [2.05, 4.69) is 54.1 Å². The van der Waals surface area contributed by atoms with Crippen LogP contribution >= 0.6 is 11.8 Å². The number of nitrogens with zero attached hydrogens (tertiary/aromatic N) is 2. The van der Waals surface area contributed by atoms with E-state index in [4.69, 9.17) is 0 Å². The molecule has 1 N–H and O–H groups in total. The highest BCUT2D eigenvalue weighted by Crippen LogP contribution is 2.31. The van der Waals surface area contributed by atoms with Gasteiger partial charge in [-0.25, -0.2) is 0 Å². The molecule has 0 spiro atoms. The van der Waals surface area contributed by atoms with Gasteiger partial charge in [0.1, 0.15) is 0 Å². The van der Waals surface area contributed by atoms with Crippen molar-refractivity contribution < 1.29 is 4.79 Å². The Bertz CT molecular complexity index is 613. The monoisotopic (exact) mass is 389 g/mol. The summed E-state index contributed by atoms with van der Waals surface area (Å²) in [6.45, 7) is 10.6. The molecule has 0 bridgehead atoms. The van der Waals surface area contributed by atoms with Crippen LogP contribution in [0.3, 0.4) is 0 Å². The first-order chi connectivity index (χ1) is 13.1. The standard InChI is InChI=1S/C22H35N3OS/c1-4-17(2)18(3)25(21-8-9-21)16-22(26)23-20-7-5-6-19(14-20)15-24-10-12-27-13-11-24/h5-7,14,17-18,21H,4,8-13,15-16H2,1-3H3,(H,23,26). The molecular weight excluding hydrogens is 354 g/mol. The van der Waals surface area contributed by atoms with Gasteiger partial charge in [-0.2, -0.15) is 11.8 Å². The number of rotatable bonds is 9. The van der Waals surface area contributed by atoms with Crippen LogP contribution in [0.25, 0.3) is 0 Å². The van der Waals surface area contributed by atoms with Crippen molar-refractivity contribution in [3.63, 3.8) is 0 Å². The first-order valence-electron chi connectivity index (χ1n) is 10.5. The summed E-state index contributed by atoms with van der Waals surface area (Å²) in [6.07, 6.45) is 3.62. The number of carbonyl (C=O) groups is 1. The van der Waals surface area contributed by atoms with Gasteiger partial charge in [-0.05, 0) is 43.4 Å². The Balaban J connectivity index is 1.55.